The molecule has 0 aromatic heterocycles. The van der Waals surface area contributed by atoms with Crippen LogP contribution in [0.1, 0.15) is 10.4 Å². The Labute approximate surface area is 141 Å². The minimum atomic E-state index is -0.203. The average Bonchev–Trinajstić information content (AvgIpc) is 2.53. The molecule has 0 atom stereocenters. The first-order chi connectivity index (χ1) is 11.0. The Bertz CT molecular complexity index is 697. The van der Waals surface area contributed by atoms with E-state index in [1.54, 1.807) is 42.5 Å². The van der Waals surface area contributed by atoms with Crippen molar-refractivity contribution in [1.82, 2.24) is 0 Å². The average molecular weight is 331 g/mol. The van der Waals surface area contributed by atoms with Crippen LogP contribution in [0.5, 0.6) is 5.75 Å². The van der Waals surface area contributed by atoms with Gasteiger partial charge in [-0.25, -0.2) is 0 Å². The molecule has 1 N–H and O–H groups in total. The highest BCUT2D eigenvalue weighted by atomic mass is 35.5. The first-order valence-corrected chi connectivity index (χ1v) is 7.51. The van der Waals surface area contributed by atoms with Gasteiger partial charge in [0.25, 0.3) is 5.91 Å². The number of rotatable bonds is 6. The maximum absolute atomic E-state index is 12.4. The third-order valence-corrected chi connectivity index (χ3v) is 3.41. The van der Waals surface area contributed by atoms with Crippen LogP contribution in [0.25, 0.3) is 0 Å². The molecule has 5 heteroatoms. The van der Waals surface area contributed by atoms with E-state index in [0.29, 0.717) is 28.6 Å². The maximum Gasteiger partial charge on any atom is 0.255 e. The Hall–Kier alpha value is -2.46. The van der Waals surface area contributed by atoms with Crippen molar-refractivity contribution >= 4 is 28.9 Å². The third kappa shape index (κ3) is 4.50. The topological polar surface area (TPSA) is 41.6 Å². The summed E-state index contributed by atoms with van der Waals surface area (Å²) in [4.78, 5) is 14.3. The second-order valence-corrected chi connectivity index (χ2v) is 5.57. The molecule has 0 heterocycles. The summed E-state index contributed by atoms with van der Waals surface area (Å²) in [5.41, 5.74) is 2.09. The second kappa shape index (κ2) is 7.70. The Morgan fingerprint density at radius 1 is 1.26 bits per heavy atom. The van der Waals surface area contributed by atoms with Crippen LogP contribution in [0.3, 0.4) is 0 Å². The van der Waals surface area contributed by atoms with E-state index in [1.807, 2.05) is 25.1 Å². The third-order valence-electron chi connectivity index (χ3n) is 3.17. The summed E-state index contributed by atoms with van der Waals surface area (Å²) in [6.45, 7) is 4.02. The van der Waals surface area contributed by atoms with Gasteiger partial charge in [-0.3, -0.25) is 4.79 Å². The van der Waals surface area contributed by atoms with Crippen molar-refractivity contribution in [2.75, 3.05) is 30.9 Å². The largest absolute Gasteiger partial charge is 0.490 e. The van der Waals surface area contributed by atoms with Crippen LogP contribution in [-0.2, 0) is 0 Å². The summed E-state index contributed by atoms with van der Waals surface area (Å²) in [6.07, 6.45) is 1.67. The molecule has 0 aliphatic heterocycles. The zero-order chi connectivity index (χ0) is 16.8. The highest BCUT2D eigenvalue weighted by Gasteiger charge is 2.11. The number of benzene rings is 2. The molecule has 0 spiro atoms. The fourth-order valence-electron chi connectivity index (χ4n) is 2.05. The van der Waals surface area contributed by atoms with Crippen molar-refractivity contribution in [3.05, 3.63) is 65.7 Å². The van der Waals surface area contributed by atoms with Crippen LogP contribution in [-0.4, -0.2) is 26.6 Å². The highest BCUT2D eigenvalue weighted by Crippen LogP contribution is 2.28. The highest BCUT2D eigenvalue weighted by molar-refractivity contribution is 6.31. The van der Waals surface area contributed by atoms with E-state index >= 15 is 0 Å². The van der Waals surface area contributed by atoms with Gasteiger partial charge in [0.1, 0.15) is 12.4 Å². The minimum Gasteiger partial charge on any atom is -0.490 e. The van der Waals surface area contributed by atoms with Crippen LogP contribution in [0.4, 0.5) is 11.4 Å². The van der Waals surface area contributed by atoms with Crippen molar-refractivity contribution in [3.63, 3.8) is 0 Å². The Morgan fingerprint density at radius 3 is 2.57 bits per heavy atom. The predicted molar refractivity (Wildman–Crippen MR) is 95.9 cm³/mol. The number of ether oxygens (including phenoxy) is 1. The number of carbonyl (C=O) groups excluding carboxylic acids is 1. The standard InChI is InChI=1S/C18H19ClN2O2/c1-4-11-23-15-8-5-13(6-9-15)18(22)20-16-12-14(19)7-10-17(16)21(2)3/h4-10,12H,1,11H2,2-3H3,(H,20,22). The fourth-order valence-corrected chi connectivity index (χ4v) is 2.22. The van der Waals surface area contributed by atoms with E-state index in [-0.39, 0.29) is 5.91 Å². The van der Waals surface area contributed by atoms with Crippen molar-refractivity contribution < 1.29 is 9.53 Å². The zero-order valence-electron chi connectivity index (χ0n) is 13.2. The summed E-state index contributed by atoms with van der Waals surface area (Å²) in [7, 11) is 3.81. The van der Waals surface area contributed by atoms with Gasteiger partial charge in [0, 0.05) is 24.7 Å². The number of halogens is 1. The Balaban J connectivity index is 2.15. The van der Waals surface area contributed by atoms with E-state index < -0.39 is 0 Å². The maximum atomic E-state index is 12.4. The van der Waals surface area contributed by atoms with E-state index in [1.165, 1.54) is 0 Å². The molecule has 2 aromatic carbocycles. The molecule has 0 aliphatic rings. The van der Waals surface area contributed by atoms with Gasteiger partial charge in [0.05, 0.1) is 11.4 Å². The van der Waals surface area contributed by atoms with Crippen LogP contribution < -0.4 is 15.0 Å². The molecule has 2 aromatic rings. The first kappa shape index (κ1) is 16.9. The molecule has 0 aliphatic carbocycles. The Kier molecular flexibility index (Phi) is 5.66. The molecule has 2 rings (SSSR count). The van der Waals surface area contributed by atoms with Crippen LogP contribution >= 0.6 is 11.6 Å². The molecule has 0 unspecified atom stereocenters. The molecule has 23 heavy (non-hydrogen) atoms. The normalized spacial score (nSPS) is 10.0. The number of hydrogen-bond acceptors (Lipinski definition) is 3. The molecule has 0 saturated carbocycles. The van der Waals surface area contributed by atoms with Gasteiger partial charge in [-0.1, -0.05) is 24.3 Å². The molecule has 0 saturated heterocycles. The second-order valence-electron chi connectivity index (χ2n) is 5.13. The quantitative estimate of drug-likeness (QED) is 0.806. The molecule has 0 bridgehead atoms. The molecular weight excluding hydrogens is 312 g/mol. The summed E-state index contributed by atoms with van der Waals surface area (Å²) in [6, 6.07) is 12.3. The SMILES string of the molecule is C=CCOc1ccc(C(=O)Nc2cc(Cl)ccc2N(C)C)cc1. The van der Waals surface area contributed by atoms with Gasteiger partial charge in [-0.05, 0) is 42.5 Å². The van der Waals surface area contributed by atoms with Crippen molar-refractivity contribution in [2.45, 2.75) is 0 Å². The lowest BCUT2D eigenvalue weighted by Crippen LogP contribution is -2.16. The van der Waals surface area contributed by atoms with Crippen LogP contribution in [0.2, 0.25) is 5.02 Å². The first-order valence-electron chi connectivity index (χ1n) is 7.13. The van der Waals surface area contributed by atoms with Gasteiger partial charge in [-0.15, -0.1) is 0 Å². The zero-order valence-corrected chi connectivity index (χ0v) is 13.9. The summed E-state index contributed by atoms with van der Waals surface area (Å²) in [5.74, 6) is 0.490. The molecule has 1 amide bonds. The van der Waals surface area contributed by atoms with Crippen molar-refractivity contribution in [2.24, 2.45) is 0 Å². The molecule has 0 fully saturated rings. The van der Waals surface area contributed by atoms with Crippen LogP contribution in [0, 0.1) is 0 Å². The van der Waals surface area contributed by atoms with E-state index in [9.17, 15) is 4.79 Å². The summed E-state index contributed by atoms with van der Waals surface area (Å²) in [5, 5.41) is 3.46. The van der Waals surface area contributed by atoms with Gasteiger partial charge in [0.15, 0.2) is 0 Å². The number of nitrogens with one attached hydrogen (secondary N) is 1. The van der Waals surface area contributed by atoms with Crippen molar-refractivity contribution in [1.29, 1.82) is 0 Å². The Morgan fingerprint density at radius 2 is 1.96 bits per heavy atom. The van der Waals surface area contributed by atoms with Crippen LogP contribution in [0.15, 0.2) is 55.1 Å². The van der Waals surface area contributed by atoms with E-state index in [0.717, 1.165) is 5.69 Å². The molecule has 120 valence electrons. The van der Waals surface area contributed by atoms with E-state index in [2.05, 4.69) is 11.9 Å². The van der Waals surface area contributed by atoms with Gasteiger partial charge >= 0.3 is 0 Å². The number of anilines is 2. The smallest absolute Gasteiger partial charge is 0.255 e. The van der Waals surface area contributed by atoms with Gasteiger partial charge < -0.3 is 15.0 Å². The van der Waals surface area contributed by atoms with Crippen molar-refractivity contribution in [3.8, 4) is 5.75 Å². The lowest BCUT2D eigenvalue weighted by molar-refractivity contribution is 0.102. The summed E-state index contributed by atoms with van der Waals surface area (Å²) >= 11 is 6.03. The molecule has 4 nitrogen and oxygen atoms in total. The van der Waals surface area contributed by atoms with Gasteiger partial charge in [-0.2, -0.15) is 0 Å². The number of amides is 1. The minimum absolute atomic E-state index is 0.203. The number of carbonyl (C=O) groups is 1. The molecular formula is C18H19ClN2O2. The molecule has 0 radical (unpaired) electrons. The predicted octanol–water partition coefficient (Wildman–Crippen LogP) is 4.22. The fraction of sp³-hybridized carbons (Fsp3) is 0.167. The van der Waals surface area contributed by atoms with Gasteiger partial charge in [0.2, 0.25) is 0 Å². The number of nitrogens with zero attached hydrogens (tertiary/aromatic N) is 1. The number of hydrogen-bond donors (Lipinski definition) is 1. The lowest BCUT2D eigenvalue weighted by Gasteiger charge is -2.18. The van der Waals surface area contributed by atoms with E-state index in [4.69, 9.17) is 16.3 Å². The lowest BCUT2D eigenvalue weighted by atomic mass is 10.2. The summed E-state index contributed by atoms with van der Waals surface area (Å²) < 4.78 is 5.40. The monoisotopic (exact) mass is 330 g/mol.